The van der Waals surface area contributed by atoms with Crippen molar-refractivity contribution in [2.45, 2.75) is 43.6 Å². The summed E-state index contributed by atoms with van der Waals surface area (Å²) in [5.74, 6) is -0.543. The van der Waals surface area contributed by atoms with Crippen molar-refractivity contribution in [1.29, 1.82) is 0 Å². The van der Waals surface area contributed by atoms with Crippen molar-refractivity contribution >= 4 is 42.5 Å². The van der Waals surface area contributed by atoms with Crippen LogP contribution in [-0.4, -0.2) is 81.0 Å². The van der Waals surface area contributed by atoms with Gasteiger partial charge in [-0.3, -0.25) is 4.79 Å². The number of benzene rings is 1. The van der Waals surface area contributed by atoms with Gasteiger partial charge in [-0.05, 0) is 43.9 Å². The molecule has 1 N–H and O–H groups in total. The first kappa shape index (κ1) is 29.3. The van der Waals surface area contributed by atoms with E-state index in [2.05, 4.69) is 14.6 Å². The zero-order valence-electron chi connectivity index (χ0n) is 24.0. The van der Waals surface area contributed by atoms with E-state index in [1.807, 2.05) is 35.2 Å². The summed E-state index contributed by atoms with van der Waals surface area (Å²) in [7, 11) is -5.48. The predicted octanol–water partition coefficient (Wildman–Crippen LogP) is 3.04. The first-order chi connectivity index (χ1) is 20.5. The fourth-order valence-corrected chi connectivity index (χ4v) is 7.05. The van der Waals surface area contributed by atoms with Crippen LogP contribution in [0.5, 0.6) is 0 Å². The van der Waals surface area contributed by atoms with Crippen LogP contribution in [0, 0.1) is 0 Å². The number of nitrogens with one attached hydrogen (secondary N) is 1. The van der Waals surface area contributed by atoms with E-state index in [9.17, 15) is 21.6 Å². The number of ether oxygens (including phenoxy) is 1. The van der Waals surface area contributed by atoms with Gasteiger partial charge in [-0.15, -0.1) is 0 Å². The molecule has 43 heavy (non-hydrogen) atoms. The Kier molecular flexibility index (Phi) is 7.55. The topological polar surface area (TPSA) is 144 Å². The lowest BCUT2D eigenvalue weighted by Gasteiger charge is -2.43. The minimum Gasteiger partial charge on any atom is -0.376 e. The molecule has 1 saturated carbocycles. The summed E-state index contributed by atoms with van der Waals surface area (Å²) in [6.45, 7) is 1.65. The van der Waals surface area contributed by atoms with Gasteiger partial charge in [0.25, 0.3) is 5.91 Å². The number of nitrogens with zero attached hydrogens (tertiary/aromatic N) is 5. The molecule has 6 rings (SSSR count). The zero-order valence-corrected chi connectivity index (χ0v) is 25.6. The highest BCUT2D eigenvalue weighted by molar-refractivity contribution is 7.97. The van der Waals surface area contributed by atoms with Crippen LogP contribution in [0.3, 0.4) is 0 Å². The quantitative estimate of drug-likeness (QED) is 0.396. The monoisotopic (exact) mass is 626 g/mol. The molecule has 0 bridgehead atoms. The molecule has 1 aliphatic carbocycles. The van der Waals surface area contributed by atoms with Crippen LogP contribution in [0.25, 0.3) is 16.7 Å². The molecule has 2 aromatic heterocycles. The van der Waals surface area contributed by atoms with Crippen molar-refractivity contribution in [3.05, 3.63) is 71.0 Å². The maximum Gasteiger partial charge on any atom is 0.283 e. The lowest BCUT2D eigenvalue weighted by Crippen LogP contribution is -2.51. The molecule has 0 unspecified atom stereocenters. The van der Waals surface area contributed by atoms with Gasteiger partial charge in [0, 0.05) is 38.5 Å². The van der Waals surface area contributed by atoms with Gasteiger partial charge in [-0.2, -0.15) is 5.10 Å². The molecular formula is C29H34N6O6S2. The number of carbonyl (C=O) groups is 1. The number of amides is 1. The van der Waals surface area contributed by atoms with Gasteiger partial charge < -0.3 is 14.5 Å². The number of anilines is 1. The van der Waals surface area contributed by atoms with Crippen molar-refractivity contribution in [3.63, 3.8) is 0 Å². The van der Waals surface area contributed by atoms with E-state index in [1.54, 1.807) is 30.3 Å². The molecule has 1 saturated heterocycles. The third-order valence-electron chi connectivity index (χ3n) is 8.45. The Bertz CT molecular complexity index is 1800. The number of fused-ring (bicyclic) bond motifs is 1. The Morgan fingerprint density at radius 1 is 1.12 bits per heavy atom. The first-order valence-corrected chi connectivity index (χ1v) is 17.6. The molecule has 1 amide bonds. The predicted molar refractivity (Wildman–Crippen MR) is 163 cm³/mol. The SMILES string of the molecule is COC1(CN2C=CS(=O)(=O)C=C2)CCN(c2cc(C(=O)NS(C)(=O)=O)nc3c2c(C2CCC2)nn3-c2ccccc2)CC1. The van der Waals surface area contributed by atoms with E-state index in [0.29, 0.717) is 38.1 Å². The fraction of sp³-hybridized carbons (Fsp3) is 0.414. The van der Waals surface area contributed by atoms with E-state index >= 15 is 0 Å². The number of hydrogen-bond acceptors (Lipinski definition) is 10. The molecule has 14 heteroatoms. The number of sulfonamides is 1. The molecule has 4 heterocycles. The number of hydrogen-bond donors (Lipinski definition) is 1. The lowest BCUT2D eigenvalue weighted by atomic mass is 9.81. The Hall–Kier alpha value is -3.75. The van der Waals surface area contributed by atoms with E-state index < -0.39 is 31.4 Å². The minimum absolute atomic E-state index is 0.0152. The molecule has 0 radical (unpaired) electrons. The van der Waals surface area contributed by atoms with Crippen LogP contribution in [0.4, 0.5) is 5.69 Å². The zero-order chi connectivity index (χ0) is 30.4. The summed E-state index contributed by atoms with van der Waals surface area (Å²) in [6.07, 6.45) is 8.43. The highest BCUT2D eigenvalue weighted by Crippen LogP contribution is 2.43. The van der Waals surface area contributed by atoms with Gasteiger partial charge in [-0.1, -0.05) is 24.6 Å². The molecule has 0 atom stereocenters. The normalized spacial score (nSPS) is 19.9. The van der Waals surface area contributed by atoms with Crippen molar-refractivity contribution in [2.24, 2.45) is 0 Å². The Balaban J connectivity index is 1.40. The van der Waals surface area contributed by atoms with E-state index in [4.69, 9.17) is 9.84 Å². The molecular weight excluding hydrogens is 592 g/mol. The molecule has 3 aliphatic rings. The Morgan fingerprint density at radius 3 is 2.37 bits per heavy atom. The molecule has 12 nitrogen and oxygen atoms in total. The summed E-state index contributed by atoms with van der Waals surface area (Å²) in [4.78, 5) is 21.8. The standard InChI is InChI=1S/C29H34N6O6S2/c1-41-29(20-33-15-17-43(39,40)18-16-33)11-13-34(14-12-29)24-19-23(28(36)32-42(2,37)38)30-27-25(24)26(21-7-6-8-21)31-35(27)22-9-4-3-5-10-22/h3-5,9-10,15-19,21H,6-8,11-14,20H2,1-2H3,(H,32,36). The van der Waals surface area contributed by atoms with Crippen molar-refractivity contribution < 1.29 is 26.4 Å². The number of para-hydroxylation sites is 1. The number of piperidine rings is 1. The highest BCUT2D eigenvalue weighted by Gasteiger charge is 2.38. The van der Waals surface area contributed by atoms with Gasteiger partial charge in [-0.25, -0.2) is 31.2 Å². The number of rotatable bonds is 8. The maximum atomic E-state index is 13.1. The van der Waals surface area contributed by atoms with Crippen LogP contribution in [0.2, 0.25) is 0 Å². The van der Waals surface area contributed by atoms with Crippen LogP contribution in [0.15, 0.2) is 59.6 Å². The van der Waals surface area contributed by atoms with Gasteiger partial charge in [0.05, 0.1) is 51.7 Å². The third-order valence-corrected chi connectivity index (χ3v) is 10.0. The number of carbonyl (C=O) groups excluding carboxylic acids is 1. The average molecular weight is 627 g/mol. The largest absolute Gasteiger partial charge is 0.376 e. The fourth-order valence-electron chi connectivity index (χ4n) is 5.87. The van der Waals surface area contributed by atoms with Crippen LogP contribution in [-0.2, 0) is 24.6 Å². The van der Waals surface area contributed by atoms with E-state index in [0.717, 1.165) is 48.0 Å². The van der Waals surface area contributed by atoms with Crippen LogP contribution in [0.1, 0.15) is 54.2 Å². The molecule has 0 spiro atoms. The van der Waals surface area contributed by atoms with E-state index in [-0.39, 0.29) is 11.6 Å². The van der Waals surface area contributed by atoms with Crippen LogP contribution < -0.4 is 9.62 Å². The highest BCUT2D eigenvalue weighted by atomic mass is 32.2. The van der Waals surface area contributed by atoms with Crippen LogP contribution >= 0.6 is 0 Å². The third kappa shape index (κ3) is 6.04. The summed E-state index contributed by atoms with van der Waals surface area (Å²) in [5, 5.41) is 8.24. The molecule has 1 aromatic carbocycles. The number of pyridine rings is 1. The van der Waals surface area contributed by atoms with Gasteiger partial charge in [0.1, 0.15) is 5.69 Å². The summed E-state index contributed by atoms with van der Waals surface area (Å²) >= 11 is 0. The molecule has 2 aliphatic heterocycles. The summed E-state index contributed by atoms with van der Waals surface area (Å²) < 4.78 is 57.3. The first-order valence-electron chi connectivity index (χ1n) is 14.1. The van der Waals surface area contributed by atoms with Gasteiger partial charge in [0.2, 0.25) is 10.0 Å². The smallest absolute Gasteiger partial charge is 0.283 e. The maximum absolute atomic E-state index is 13.1. The average Bonchev–Trinajstić information content (AvgIpc) is 3.32. The second-order valence-electron chi connectivity index (χ2n) is 11.4. The molecule has 3 aromatic rings. The minimum atomic E-state index is -3.81. The lowest BCUT2D eigenvalue weighted by molar-refractivity contribution is -0.0401. The number of sulfone groups is 1. The molecule has 2 fully saturated rings. The van der Waals surface area contributed by atoms with Crippen molar-refractivity contribution in [1.82, 2.24) is 24.4 Å². The van der Waals surface area contributed by atoms with Crippen molar-refractivity contribution in [3.8, 4) is 5.69 Å². The Morgan fingerprint density at radius 2 is 1.79 bits per heavy atom. The number of aromatic nitrogens is 3. The Labute approximate surface area is 251 Å². The van der Waals surface area contributed by atoms with E-state index in [1.165, 1.54) is 10.8 Å². The second-order valence-corrected chi connectivity index (χ2v) is 14.9. The van der Waals surface area contributed by atoms with Gasteiger partial charge >= 0.3 is 0 Å². The summed E-state index contributed by atoms with van der Waals surface area (Å²) in [6, 6.07) is 11.2. The second kappa shape index (κ2) is 11.1. The number of methoxy groups -OCH3 is 1. The molecule has 228 valence electrons. The summed E-state index contributed by atoms with van der Waals surface area (Å²) in [5.41, 5.74) is 2.45. The van der Waals surface area contributed by atoms with Crippen molar-refractivity contribution in [2.75, 3.05) is 37.9 Å². The van der Waals surface area contributed by atoms with Gasteiger partial charge in [0.15, 0.2) is 15.5 Å².